The number of rotatable bonds is 1. The zero-order valence-electron chi connectivity index (χ0n) is 6.97. The molecule has 2 heterocycles. The number of hydrogen-bond acceptors (Lipinski definition) is 3. The summed E-state index contributed by atoms with van der Waals surface area (Å²) < 4.78 is 1.10. The Kier molecular flexibility index (Phi) is 2.13. The first-order valence-corrected chi connectivity index (χ1v) is 5.35. The number of nitrogens with one attached hydrogen (secondary N) is 1. The molecule has 0 spiro atoms. The molecular formula is C8H8BrN3S. The highest BCUT2D eigenvalue weighted by Crippen LogP contribution is 2.35. The minimum atomic E-state index is 0.562. The van der Waals surface area contributed by atoms with Crippen LogP contribution < -0.4 is 5.73 Å². The van der Waals surface area contributed by atoms with Gasteiger partial charge in [-0.15, -0.1) is 11.3 Å². The fourth-order valence-corrected chi connectivity index (χ4v) is 2.70. The Balaban J connectivity index is 2.57. The van der Waals surface area contributed by atoms with Crippen LogP contribution >= 0.6 is 27.3 Å². The third-order valence-electron chi connectivity index (χ3n) is 1.79. The molecule has 0 bridgehead atoms. The number of anilines is 1. The topological polar surface area (TPSA) is 54.7 Å². The van der Waals surface area contributed by atoms with Gasteiger partial charge in [0, 0.05) is 10.6 Å². The molecule has 2 rings (SSSR count). The summed E-state index contributed by atoms with van der Waals surface area (Å²) in [5.74, 6) is 0.562. The van der Waals surface area contributed by atoms with Gasteiger partial charge in [-0.25, -0.2) is 0 Å². The van der Waals surface area contributed by atoms with Crippen molar-refractivity contribution in [1.82, 2.24) is 10.2 Å². The highest BCUT2D eigenvalue weighted by Gasteiger charge is 2.11. The average Bonchev–Trinajstić information content (AvgIpc) is 2.60. The number of aromatic amines is 1. The first-order valence-electron chi connectivity index (χ1n) is 3.74. The maximum atomic E-state index is 5.73. The fraction of sp³-hybridized carbons (Fsp3) is 0.125. The Morgan fingerprint density at radius 3 is 2.77 bits per heavy atom. The molecule has 0 unspecified atom stereocenters. The van der Waals surface area contributed by atoms with Crippen LogP contribution in [0.5, 0.6) is 0 Å². The van der Waals surface area contributed by atoms with Gasteiger partial charge in [-0.1, -0.05) is 0 Å². The summed E-state index contributed by atoms with van der Waals surface area (Å²) in [6.45, 7) is 1.96. The van der Waals surface area contributed by atoms with E-state index in [1.807, 2.05) is 19.1 Å². The van der Waals surface area contributed by atoms with Crippen molar-refractivity contribution < 1.29 is 0 Å². The number of aryl methyl sites for hydroxylation is 1. The van der Waals surface area contributed by atoms with Gasteiger partial charge >= 0.3 is 0 Å². The highest BCUT2D eigenvalue weighted by molar-refractivity contribution is 9.11. The molecule has 68 valence electrons. The Morgan fingerprint density at radius 1 is 1.54 bits per heavy atom. The molecule has 0 fully saturated rings. The van der Waals surface area contributed by atoms with E-state index in [2.05, 4.69) is 26.1 Å². The summed E-state index contributed by atoms with van der Waals surface area (Å²) in [5.41, 5.74) is 7.75. The van der Waals surface area contributed by atoms with E-state index in [0.29, 0.717) is 5.82 Å². The number of hydrogen-bond donors (Lipinski definition) is 2. The largest absolute Gasteiger partial charge is 0.382 e. The number of aromatic nitrogens is 2. The molecule has 0 atom stereocenters. The lowest BCUT2D eigenvalue weighted by Gasteiger charge is -1.94. The van der Waals surface area contributed by atoms with Crippen LogP contribution in [0.3, 0.4) is 0 Å². The van der Waals surface area contributed by atoms with Crippen molar-refractivity contribution in [3.8, 4) is 10.4 Å². The second-order valence-corrected chi connectivity index (χ2v) is 5.18. The molecule has 13 heavy (non-hydrogen) atoms. The summed E-state index contributed by atoms with van der Waals surface area (Å²) in [6.07, 6.45) is 0. The first-order chi connectivity index (χ1) is 6.18. The van der Waals surface area contributed by atoms with Crippen LogP contribution in [0.25, 0.3) is 10.4 Å². The Labute approximate surface area is 88.1 Å². The molecule has 5 heteroatoms. The lowest BCUT2D eigenvalue weighted by Crippen LogP contribution is -1.86. The standard InChI is InChI=1S/C8H8BrN3S/c1-4-7(8(10)12-11-4)5-2-3-6(9)13-5/h2-3H,1H3,(H3,10,11,12). The van der Waals surface area contributed by atoms with Crippen LogP contribution in [0.1, 0.15) is 5.69 Å². The summed E-state index contributed by atoms with van der Waals surface area (Å²) in [6, 6.07) is 4.04. The van der Waals surface area contributed by atoms with Gasteiger partial charge in [-0.2, -0.15) is 5.10 Å². The maximum Gasteiger partial charge on any atom is 0.154 e. The van der Waals surface area contributed by atoms with E-state index < -0.39 is 0 Å². The molecule has 0 aliphatic rings. The Hall–Kier alpha value is -0.810. The molecule has 2 aromatic heterocycles. The van der Waals surface area contributed by atoms with Crippen molar-refractivity contribution in [1.29, 1.82) is 0 Å². The normalized spacial score (nSPS) is 10.6. The number of H-pyrrole nitrogens is 1. The van der Waals surface area contributed by atoms with E-state index in [-0.39, 0.29) is 0 Å². The molecule has 0 saturated carbocycles. The lowest BCUT2D eigenvalue weighted by atomic mass is 10.2. The van der Waals surface area contributed by atoms with E-state index in [4.69, 9.17) is 5.73 Å². The number of nitrogens with zero attached hydrogens (tertiary/aromatic N) is 1. The highest BCUT2D eigenvalue weighted by atomic mass is 79.9. The predicted molar refractivity (Wildman–Crippen MR) is 58.8 cm³/mol. The van der Waals surface area contributed by atoms with E-state index in [1.54, 1.807) is 11.3 Å². The zero-order chi connectivity index (χ0) is 9.42. The summed E-state index contributed by atoms with van der Waals surface area (Å²) in [4.78, 5) is 1.13. The SMILES string of the molecule is Cc1[nH]nc(N)c1-c1ccc(Br)s1. The third kappa shape index (κ3) is 1.49. The molecule has 0 aliphatic carbocycles. The van der Waals surface area contributed by atoms with Crippen LogP contribution in [0.2, 0.25) is 0 Å². The van der Waals surface area contributed by atoms with Crippen LogP contribution in [0.4, 0.5) is 5.82 Å². The number of nitrogen functional groups attached to an aromatic ring is 1. The van der Waals surface area contributed by atoms with E-state index in [1.165, 1.54) is 0 Å². The molecule has 0 aromatic carbocycles. The van der Waals surface area contributed by atoms with Gasteiger partial charge in [-0.3, -0.25) is 5.10 Å². The van der Waals surface area contributed by atoms with Gasteiger partial charge in [0.2, 0.25) is 0 Å². The Bertz CT molecular complexity index is 413. The van der Waals surface area contributed by atoms with Crippen molar-refractivity contribution in [3.63, 3.8) is 0 Å². The fourth-order valence-electron chi connectivity index (χ4n) is 1.21. The van der Waals surface area contributed by atoms with Crippen LogP contribution in [0, 0.1) is 6.92 Å². The van der Waals surface area contributed by atoms with Gasteiger partial charge < -0.3 is 5.73 Å². The zero-order valence-corrected chi connectivity index (χ0v) is 9.37. The third-order valence-corrected chi connectivity index (χ3v) is 3.44. The number of halogens is 1. The smallest absolute Gasteiger partial charge is 0.154 e. The second kappa shape index (κ2) is 3.16. The van der Waals surface area contributed by atoms with Crippen molar-refractivity contribution in [2.45, 2.75) is 6.92 Å². The van der Waals surface area contributed by atoms with E-state index in [9.17, 15) is 0 Å². The van der Waals surface area contributed by atoms with Crippen molar-refractivity contribution >= 4 is 33.1 Å². The molecule has 0 amide bonds. The van der Waals surface area contributed by atoms with E-state index in [0.717, 1.165) is 19.9 Å². The van der Waals surface area contributed by atoms with Gasteiger partial charge in [0.15, 0.2) is 5.82 Å². The molecule has 0 radical (unpaired) electrons. The molecule has 0 saturated heterocycles. The number of thiophene rings is 1. The first kappa shape index (κ1) is 8.77. The van der Waals surface area contributed by atoms with E-state index >= 15 is 0 Å². The molecule has 3 N–H and O–H groups in total. The second-order valence-electron chi connectivity index (χ2n) is 2.71. The summed E-state index contributed by atoms with van der Waals surface area (Å²) in [7, 11) is 0. The molecule has 0 aliphatic heterocycles. The molecular weight excluding hydrogens is 250 g/mol. The van der Waals surface area contributed by atoms with Crippen molar-refractivity contribution in [2.75, 3.05) is 5.73 Å². The molecule has 2 aromatic rings. The van der Waals surface area contributed by atoms with Crippen LogP contribution in [-0.2, 0) is 0 Å². The monoisotopic (exact) mass is 257 g/mol. The van der Waals surface area contributed by atoms with Crippen LogP contribution in [0.15, 0.2) is 15.9 Å². The average molecular weight is 258 g/mol. The maximum absolute atomic E-state index is 5.73. The van der Waals surface area contributed by atoms with Crippen molar-refractivity contribution in [3.05, 3.63) is 21.6 Å². The predicted octanol–water partition coefficient (Wildman–Crippen LogP) is 2.79. The summed E-state index contributed by atoms with van der Waals surface area (Å²) in [5, 5.41) is 6.81. The quantitative estimate of drug-likeness (QED) is 0.826. The lowest BCUT2D eigenvalue weighted by molar-refractivity contribution is 1.05. The minimum absolute atomic E-state index is 0.562. The summed E-state index contributed by atoms with van der Waals surface area (Å²) >= 11 is 5.06. The van der Waals surface area contributed by atoms with Crippen molar-refractivity contribution in [2.24, 2.45) is 0 Å². The van der Waals surface area contributed by atoms with Gasteiger partial charge in [0.25, 0.3) is 0 Å². The number of nitrogens with two attached hydrogens (primary N) is 1. The minimum Gasteiger partial charge on any atom is -0.382 e. The van der Waals surface area contributed by atoms with Gasteiger partial charge in [0.1, 0.15) is 0 Å². The Morgan fingerprint density at radius 2 is 2.31 bits per heavy atom. The van der Waals surface area contributed by atoms with Crippen LogP contribution in [-0.4, -0.2) is 10.2 Å². The van der Waals surface area contributed by atoms with Gasteiger partial charge in [-0.05, 0) is 35.0 Å². The molecule has 3 nitrogen and oxygen atoms in total. The van der Waals surface area contributed by atoms with Gasteiger partial charge in [0.05, 0.1) is 9.35 Å².